The van der Waals surface area contributed by atoms with E-state index in [1.54, 1.807) is 13.2 Å². The number of hydrogen-bond donors (Lipinski definition) is 0. The number of aromatic nitrogens is 2. The number of ether oxygens (including phenoxy) is 2. The fourth-order valence-electron chi connectivity index (χ4n) is 1.88. The topological polar surface area (TPSA) is 70.4 Å². The smallest absolute Gasteiger partial charge is 0.358 e. The van der Waals surface area contributed by atoms with E-state index in [0.717, 1.165) is 5.56 Å². The van der Waals surface area contributed by atoms with Gasteiger partial charge < -0.3 is 9.47 Å². The summed E-state index contributed by atoms with van der Waals surface area (Å²) in [5.74, 6) is -0.988. The van der Waals surface area contributed by atoms with Gasteiger partial charge >= 0.3 is 11.9 Å². The first-order valence-corrected chi connectivity index (χ1v) is 6.40. The lowest BCUT2D eigenvalue weighted by Gasteiger charge is -2.04. The molecule has 0 radical (unpaired) electrons. The van der Waals surface area contributed by atoms with Gasteiger partial charge in [0.1, 0.15) is 6.61 Å². The van der Waals surface area contributed by atoms with Crippen molar-refractivity contribution < 1.29 is 19.1 Å². The van der Waals surface area contributed by atoms with Crippen LogP contribution in [0.25, 0.3) is 0 Å². The lowest BCUT2D eigenvalue weighted by molar-refractivity contribution is -0.144. The average molecular weight is 288 g/mol. The zero-order valence-corrected chi connectivity index (χ0v) is 11.9. The SMILES string of the molecule is COC(=O)c1nn(C)cc1CC(=O)OCc1ccccc1. The largest absolute Gasteiger partial charge is 0.464 e. The third-order valence-electron chi connectivity index (χ3n) is 2.86. The number of carbonyl (C=O) groups is 2. The quantitative estimate of drug-likeness (QED) is 0.780. The molecule has 0 aliphatic heterocycles. The second kappa shape index (κ2) is 6.69. The van der Waals surface area contributed by atoms with Gasteiger partial charge in [-0.05, 0) is 5.56 Å². The molecule has 1 heterocycles. The highest BCUT2D eigenvalue weighted by atomic mass is 16.5. The molecule has 0 saturated carbocycles. The molecule has 0 spiro atoms. The minimum Gasteiger partial charge on any atom is -0.464 e. The maximum Gasteiger partial charge on any atom is 0.358 e. The lowest BCUT2D eigenvalue weighted by Crippen LogP contribution is -2.11. The van der Waals surface area contributed by atoms with Gasteiger partial charge in [-0.1, -0.05) is 30.3 Å². The van der Waals surface area contributed by atoms with E-state index in [2.05, 4.69) is 9.84 Å². The molecule has 0 aliphatic rings. The van der Waals surface area contributed by atoms with Crippen molar-refractivity contribution in [3.05, 3.63) is 53.3 Å². The van der Waals surface area contributed by atoms with Crippen LogP contribution >= 0.6 is 0 Å². The van der Waals surface area contributed by atoms with Crippen molar-refractivity contribution in [3.8, 4) is 0 Å². The number of aryl methyl sites for hydroxylation is 1. The van der Waals surface area contributed by atoms with E-state index in [1.807, 2.05) is 30.3 Å². The molecule has 6 heteroatoms. The highest BCUT2D eigenvalue weighted by Gasteiger charge is 2.19. The maximum absolute atomic E-state index is 11.8. The Hall–Kier alpha value is -2.63. The Balaban J connectivity index is 1.98. The average Bonchev–Trinajstić information content (AvgIpc) is 2.86. The molecule has 2 rings (SSSR count). The summed E-state index contributed by atoms with van der Waals surface area (Å²) in [6.07, 6.45) is 1.58. The standard InChI is InChI=1S/C15H16N2O4/c1-17-9-12(14(16-17)15(19)20-2)8-13(18)21-10-11-6-4-3-5-7-11/h3-7,9H,8,10H2,1-2H3. The predicted molar refractivity (Wildman–Crippen MR) is 74.5 cm³/mol. The van der Waals surface area contributed by atoms with Gasteiger partial charge in [0.15, 0.2) is 5.69 Å². The van der Waals surface area contributed by atoms with Crippen molar-refractivity contribution in [2.24, 2.45) is 7.05 Å². The van der Waals surface area contributed by atoms with Gasteiger partial charge in [-0.2, -0.15) is 5.10 Å². The molecule has 0 unspecified atom stereocenters. The van der Waals surface area contributed by atoms with Crippen molar-refractivity contribution in [2.75, 3.05) is 7.11 Å². The van der Waals surface area contributed by atoms with E-state index < -0.39 is 11.9 Å². The first-order valence-electron chi connectivity index (χ1n) is 6.40. The monoisotopic (exact) mass is 288 g/mol. The molecule has 0 amide bonds. The van der Waals surface area contributed by atoms with Crippen molar-refractivity contribution in [2.45, 2.75) is 13.0 Å². The molecule has 0 fully saturated rings. The van der Waals surface area contributed by atoms with E-state index in [9.17, 15) is 9.59 Å². The zero-order chi connectivity index (χ0) is 15.2. The van der Waals surface area contributed by atoms with Crippen LogP contribution in [-0.4, -0.2) is 28.8 Å². The number of hydrogen-bond acceptors (Lipinski definition) is 5. The maximum atomic E-state index is 11.8. The van der Waals surface area contributed by atoms with E-state index in [4.69, 9.17) is 4.74 Å². The number of nitrogens with zero attached hydrogens (tertiary/aromatic N) is 2. The van der Waals surface area contributed by atoms with Gasteiger partial charge in [-0.15, -0.1) is 0 Å². The first kappa shape index (κ1) is 14.8. The van der Waals surface area contributed by atoms with Crippen LogP contribution in [0.4, 0.5) is 0 Å². The normalized spacial score (nSPS) is 10.2. The summed E-state index contributed by atoms with van der Waals surface area (Å²) in [5.41, 5.74) is 1.53. The second-order valence-electron chi connectivity index (χ2n) is 4.49. The highest BCUT2D eigenvalue weighted by molar-refractivity contribution is 5.90. The molecule has 6 nitrogen and oxygen atoms in total. The van der Waals surface area contributed by atoms with Crippen molar-refractivity contribution in [3.63, 3.8) is 0 Å². The fraction of sp³-hybridized carbons (Fsp3) is 0.267. The molecule has 21 heavy (non-hydrogen) atoms. The minimum absolute atomic E-state index is 0.0227. The first-order chi connectivity index (χ1) is 10.1. The molecule has 110 valence electrons. The third-order valence-corrected chi connectivity index (χ3v) is 2.86. The molecule has 1 aromatic heterocycles. The van der Waals surface area contributed by atoms with Gasteiger partial charge in [-0.3, -0.25) is 9.48 Å². The van der Waals surface area contributed by atoms with E-state index in [0.29, 0.717) is 5.56 Å². The summed E-state index contributed by atoms with van der Waals surface area (Å²) >= 11 is 0. The molecule has 2 aromatic rings. The molecular formula is C15H16N2O4. The van der Waals surface area contributed by atoms with Crippen LogP contribution in [0.2, 0.25) is 0 Å². The summed E-state index contributed by atoms with van der Waals surface area (Å²) in [6.45, 7) is 0.202. The van der Waals surface area contributed by atoms with Crippen LogP contribution in [-0.2, 0) is 34.3 Å². The van der Waals surface area contributed by atoms with E-state index >= 15 is 0 Å². The van der Waals surface area contributed by atoms with Gasteiger partial charge in [0, 0.05) is 18.8 Å². The molecular weight excluding hydrogens is 272 g/mol. The number of benzene rings is 1. The van der Waals surface area contributed by atoms with E-state index in [1.165, 1.54) is 11.8 Å². The van der Waals surface area contributed by atoms with Crippen LogP contribution in [0.5, 0.6) is 0 Å². The number of rotatable bonds is 5. The Morgan fingerprint density at radius 3 is 2.62 bits per heavy atom. The summed E-state index contributed by atoms with van der Waals surface area (Å²) in [5, 5.41) is 3.99. The fourth-order valence-corrected chi connectivity index (χ4v) is 1.88. The van der Waals surface area contributed by atoms with Crippen LogP contribution in [0.1, 0.15) is 21.6 Å². The summed E-state index contributed by atoms with van der Waals surface area (Å²) in [6, 6.07) is 9.39. The van der Waals surface area contributed by atoms with Gasteiger partial charge in [0.2, 0.25) is 0 Å². The second-order valence-corrected chi connectivity index (χ2v) is 4.49. The Kier molecular flexibility index (Phi) is 4.71. The van der Waals surface area contributed by atoms with Crippen LogP contribution in [0.15, 0.2) is 36.5 Å². The Labute approximate surface area is 122 Å². The third kappa shape index (κ3) is 3.92. The predicted octanol–water partition coefficient (Wildman–Crippen LogP) is 1.49. The number of methoxy groups -OCH3 is 1. The summed E-state index contributed by atoms with van der Waals surface area (Å²) in [4.78, 5) is 23.4. The van der Waals surface area contributed by atoms with Crippen molar-refractivity contribution in [1.29, 1.82) is 0 Å². The van der Waals surface area contributed by atoms with Gasteiger partial charge in [-0.25, -0.2) is 4.79 Å². The molecule has 1 aromatic carbocycles. The van der Waals surface area contributed by atoms with Crippen LogP contribution < -0.4 is 0 Å². The molecule has 0 N–H and O–H groups in total. The van der Waals surface area contributed by atoms with E-state index in [-0.39, 0.29) is 18.7 Å². The van der Waals surface area contributed by atoms with Gasteiger partial charge in [0.25, 0.3) is 0 Å². The van der Waals surface area contributed by atoms with Gasteiger partial charge in [0.05, 0.1) is 13.5 Å². The zero-order valence-electron chi connectivity index (χ0n) is 11.9. The number of carbonyl (C=O) groups excluding carboxylic acids is 2. The van der Waals surface area contributed by atoms with Crippen LogP contribution in [0.3, 0.4) is 0 Å². The lowest BCUT2D eigenvalue weighted by atomic mass is 10.2. The molecule has 0 aliphatic carbocycles. The summed E-state index contributed by atoms with van der Waals surface area (Å²) < 4.78 is 11.3. The Morgan fingerprint density at radius 1 is 1.24 bits per heavy atom. The van der Waals surface area contributed by atoms with Crippen molar-refractivity contribution in [1.82, 2.24) is 9.78 Å². The van der Waals surface area contributed by atoms with Crippen molar-refractivity contribution >= 4 is 11.9 Å². The summed E-state index contributed by atoms with van der Waals surface area (Å²) in [7, 11) is 2.94. The van der Waals surface area contributed by atoms with Crippen LogP contribution in [0, 0.1) is 0 Å². The molecule has 0 saturated heterocycles. The molecule has 0 bridgehead atoms. The number of esters is 2. The molecule has 0 atom stereocenters. The highest BCUT2D eigenvalue weighted by Crippen LogP contribution is 2.10. The Morgan fingerprint density at radius 2 is 1.95 bits per heavy atom. The Bertz CT molecular complexity index is 634. The minimum atomic E-state index is -0.568.